The van der Waals surface area contributed by atoms with Crippen molar-refractivity contribution in [3.05, 3.63) is 10.6 Å². The van der Waals surface area contributed by atoms with Gasteiger partial charge in [-0.3, -0.25) is 4.79 Å². The first-order chi connectivity index (χ1) is 9.63. The molecule has 0 aromatic carbocycles. The van der Waals surface area contributed by atoms with Crippen LogP contribution in [-0.2, 0) is 4.74 Å². The Balaban J connectivity index is 2.26. The standard InChI is InChI=1S/C14H20N2O3S/c1-10(17)12-11(13(18)19-2)15-14(20-12)16-8-6-4-3-5-7-9-16/h3-9H2,1-2H3. The summed E-state index contributed by atoms with van der Waals surface area (Å²) in [6.45, 7) is 3.33. The number of rotatable bonds is 3. The zero-order valence-electron chi connectivity index (χ0n) is 12.0. The fraction of sp³-hybridized carbons (Fsp3) is 0.643. The number of esters is 1. The van der Waals surface area contributed by atoms with Crippen LogP contribution in [0.1, 0.15) is 59.2 Å². The number of anilines is 1. The summed E-state index contributed by atoms with van der Waals surface area (Å²) >= 11 is 1.30. The van der Waals surface area contributed by atoms with Crippen molar-refractivity contribution < 1.29 is 14.3 Å². The molecule has 0 amide bonds. The van der Waals surface area contributed by atoms with E-state index in [2.05, 4.69) is 9.88 Å². The summed E-state index contributed by atoms with van der Waals surface area (Å²) in [4.78, 5) is 30.3. The number of carbonyl (C=O) groups is 2. The van der Waals surface area contributed by atoms with E-state index in [1.165, 1.54) is 44.6 Å². The van der Waals surface area contributed by atoms with Gasteiger partial charge in [0, 0.05) is 20.0 Å². The molecule has 5 nitrogen and oxygen atoms in total. The Morgan fingerprint density at radius 2 is 1.75 bits per heavy atom. The molecule has 1 aromatic rings. The molecular formula is C14H20N2O3S. The molecule has 1 saturated heterocycles. The van der Waals surface area contributed by atoms with Crippen LogP contribution in [0.15, 0.2) is 0 Å². The molecule has 0 radical (unpaired) electrons. The molecular weight excluding hydrogens is 276 g/mol. The third-order valence-corrected chi connectivity index (χ3v) is 4.66. The lowest BCUT2D eigenvalue weighted by Gasteiger charge is -2.23. The largest absolute Gasteiger partial charge is 0.464 e. The van der Waals surface area contributed by atoms with Crippen molar-refractivity contribution in [3.8, 4) is 0 Å². The molecule has 0 atom stereocenters. The summed E-state index contributed by atoms with van der Waals surface area (Å²) in [6, 6.07) is 0. The Bertz CT molecular complexity index is 491. The normalized spacial score (nSPS) is 16.4. The molecule has 6 heteroatoms. The van der Waals surface area contributed by atoms with Gasteiger partial charge in [-0.15, -0.1) is 0 Å². The van der Waals surface area contributed by atoms with E-state index in [1.54, 1.807) is 0 Å². The number of hydrogen-bond donors (Lipinski definition) is 0. The molecule has 20 heavy (non-hydrogen) atoms. The quantitative estimate of drug-likeness (QED) is 0.634. The molecule has 2 rings (SSSR count). The highest BCUT2D eigenvalue weighted by Crippen LogP contribution is 2.29. The summed E-state index contributed by atoms with van der Waals surface area (Å²) in [7, 11) is 1.31. The van der Waals surface area contributed by atoms with E-state index in [9.17, 15) is 9.59 Å². The van der Waals surface area contributed by atoms with Crippen LogP contribution in [0.2, 0.25) is 0 Å². The Hall–Kier alpha value is -1.43. The first-order valence-corrected chi connectivity index (χ1v) is 7.80. The second-order valence-corrected chi connectivity index (χ2v) is 5.95. The molecule has 1 aliphatic heterocycles. The van der Waals surface area contributed by atoms with Gasteiger partial charge in [0.25, 0.3) is 0 Å². The van der Waals surface area contributed by atoms with E-state index in [1.807, 2.05) is 0 Å². The molecule has 1 fully saturated rings. The van der Waals surface area contributed by atoms with E-state index >= 15 is 0 Å². The summed E-state index contributed by atoms with van der Waals surface area (Å²) in [5.74, 6) is -0.675. The third-order valence-electron chi connectivity index (χ3n) is 3.44. The first-order valence-electron chi connectivity index (χ1n) is 6.98. The highest BCUT2D eigenvalue weighted by molar-refractivity contribution is 7.17. The minimum absolute atomic E-state index is 0.138. The van der Waals surface area contributed by atoms with Crippen LogP contribution < -0.4 is 4.90 Å². The monoisotopic (exact) mass is 296 g/mol. The van der Waals surface area contributed by atoms with E-state index in [-0.39, 0.29) is 11.5 Å². The molecule has 0 aliphatic carbocycles. The van der Waals surface area contributed by atoms with Gasteiger partial charge < -0.3 is 9.64 Å². The number of nitrogens with zero attached hydrogens (tertiary/aromatic N) is 2. The summed E-state index contributed by atoms with van der Waals surface area (Å²) in [5, 5.41) is 0.762. The van der Waals surface area contributed by atoms with Gasteiger partial charge in [0.05, 0.1) is 7.11 Å². The lowest BCUT2D eigenvalue weighted by molar-refractivity contribution is 0.0591. The van der Waals surface area contributed by atoms with E-state index in [4.69, 9.17) is 4.74 Å². The van der Waals surface area contributed by atoms with Crippen molar-refractivity contribution in [2.75, 3.05) is 25.1 Å². The van der Waals surface area contributed by atoms with Crippen LogP contribution in [0, 0.1) is 0 Å². The Kier molecular flexibility index (Phi) is 5.11. The molecule has 2 heterocycles. The highest BCUT2D eigenvalue weighted by atomic mass is 32.1. The Labute approximate surface area is 122 Å². The number of aromatic nitrogens is 1. The number of carbonyl (C=O) groups excluding carboxylic acids is 2. The van der Waals surface area contributed by atoms with Crippen LogP contribution in [0.5, 0.6) is 0 Å². The SMILES string of the molecule is COC(=O)c1nc(N2CCCCCCC2)sc1C(C)=O. The van der Waals surface area contributed by atoms with E-state index < -0.39 is 5.97 Å². The summed E-state index contributed by atoms with van der Waals surface area (Å²) < 4.78 is 4.71. The minimum Gasteiger partial charge on any atom is -0.464 e. The van der Waals surface area contributed by atoms with Crippen molar-refractivity contribution in [1.29, 1.82) is 0 Å². The van der Waals surface area contributed by atoms with Crippen LogP contribution in [0.3, 0.4) is 0 Å². The van der Waals surface area contributed by atoms with E-state index in [0.717, 1.165) is 31.1 Å². The average Bonchev–Trinajstić information content (AvgIpc) is 2.82. The van der Waals surface area contributed by atoms with Crippen LogP contribution in [0.4, 0.5) is 5.13 Å². The molecule has 0 saturated carbocycles. The molecule has 0 N–H and O–H groups in total. The maximum Gasteiger partial charge on any atom is 0.358 e. The van der Waals surface area contributed by atoms with Gasteiger partial charge in [0.2, 0.25) is 0 Å². The highest BCUT2D eigenvalue weighted by Gasteiger charge is 2.24. The zero-order valence-corrected chi connectivity index (χ0v) is 12.8. The van der Waals surface area contributed by atoms with Gasteiger partial charge in [0.15, 0.2) is 16.6 Å². The van der Waals surface area contributed by atoms with Gasteiger partial charge in [0.1, 0.15) is 4.88 Å². The maximum atomic E-state index is 11.7. The number of thiazole rings is 1. The molecule has 0 spiro atoms. The number of hydrogen-bond acceptors (Lipinski definition) is 6. The van der Waals surface area contributed by atoms with Crippen molar-refractivity contribution in [3.63, 3.8) is 0 Å². The third kappa shape index (κ3) is 3.36. The van der Waals surface area contributed by atoms with Gasteiger partial charge in [-0.25, -0.2) is 9.78 Å². The molecule has 1 aromatic heterocycles. The molecule has 0 bridgehead atoms. The average molecular weight is 296 g/mol. The number of ether oxygens (including phenoxy) is 1. The second-order valence-electron chi connectivity index (χ2n) is 4.98. The van der Waals surface area contributed by atoms with Gasteiger partial charge in [-0.2, -0.15) is 0 Å². The number of Topliss-reactive ketones (excluding diaryl/α,β-unsaturated/α-hetero) is 1. The topological polar surface area (TPSA) is 59.5 Å². The minimum atomic E-state index is -0.537. The van der Waals surface area contributed by atoms with Gasteiger partial charge in [-0.05, 0) is 12.8 Å². The van der Waals surface area contributed by atoms with Crippen molar-refractivity contribution in [2.24, 2.45) is 0 Å². The number of methoxy groups -OCH3 is 1. The molecule has 1 aliphatic rings. The van der Waals surface area contributed by atoms with Crippen molar-refractivity contribution in [2.45, 2.75) is 39.0 Å². The maximum absolute atomic E-state index is 11.7. The lowest BCUT2D eigenvalue weighted by atomic mass is 10.1. The van der Waals surface area contributed by atoms with Crippen LogP contribution in [-0.4, -0.2) is 36.9 Å². The fourth-order valence-electron chi connectivity index (χ4n) is 2.36. The predicted molar refractivity (Wildman–Crippen MR) is 78.8 cm³/mol. The Morgan fingerprint density at radius 3 is 2.30 bits per heavy atom. The first kappa shape index (κ1) is 15.0. The summed E-state index contributed by atoms with van der Waals surface area (Å²) in [5.41, 5.74) is 0.155. The fourth-order valence-corrected chi connectivity index (χ4v) is 3.36. The smallest absolute Gasteiger partial charge is 0.358 e. The van der Waals surface area contributed by atoms with Crippen molar-refractivity contribution >= 4 is 28.2 Å². The van der Waals surface area contributed by atoms with Gasteiger partial charge in [-0.1, -0.05) is 30.6 Å². The summed E-state index contributed by atoms with van der Waals surface area (Å²) in [6.07, 6.45) is 6.00. The van der Waals surface area contributed by atoms with Gasteiger partial charge >= 0.3 is 5.97 Å². The Morgan fingerprint density at radius 1 is 1.15 bits per heavy atom. The lowest BCUT2D eigenvalue weighted by Crippen LogP contribution is -2.26. The van der Waals surface area contributed by atoms with Crippen LogP contribution >= 0.6 is 11.3 Å². The second kappa shape index (κ2) is 6.83. The number of ketones is 1. The van der Waals surface area contributed by atoms with E-state index in [0.29, 0.717) is 4.88 Å². The molecule has 0 unspecified atom stereocenters. The van der Waals surface area contributed by atoms with Crippen LogP contribution in [0.25, 0.3) is 0 Å². The predicted octanol–water partition coefficient (Wildman–Crippen LogP) is 2.90. The zero-order chi connectivity index (χ0) is 14.5. The molecule has 110 valence electrons. The van der Waals surface area contributed by atoms with Crippen molar-refractivity contribution in [1.82, 2.24) is 4.98 Å².